The third-order valence-corrected chi connectivity index (χ3v) is 5.80. The van der Waals surface area contributed by atoms with Crippen molar-refractivity contribution >= 4 is 56.9 Å². The van der Waals surface area contributed by atoms with Crippen LogP contribution < -0.4 is 20.2 Å². The fraction of sp³-hybridized carbons (Fsp3) is 0.190. The predicted octanol–water partition coefficient (Wildman–Crippen LogP) is 5.22. The lowest BCUT2D eigenvalue weighted by Gasteiger charge is -2.10. The van der Waals surface area contributed by atoms with Crippen LogP contribution in [0.3, 0.4) is 0 Å². The Labute approximate surface area is 205 Å². The second kappa shape index (κ2) is 10.8. The van der Waals surface area contributed by atoms with E-state index < -0.39 is 17.6 Å². The maximum absolute atomic E-state index is 12.8. The highest BCUT2D eigenvalue weighted by molar-refractivity contribution is 14.1. The van der Waals surface area contributed by atoms with Crippen LogP contribution in [0, 0.1) is 3.57 Å². The minimum atomic E-state index is -4.43. The lowest BCUT2D eigenvalue weighted by Crippen LogP contribution is -2.20. The molecule has 0 radical (unpaired) electrons. The zero-order valence-corrected chi connectivity index (χ0v) is 20.3. The highest BCUT2D eigenvalue weighted by Crippen LogP contribution is 2.33. The number of ether oxygens (including phenoxy) is 2. The van der Waals surface area contributed by atoms with Gasteiger partial charge in [-0.3, -0.25) is 4.79 Å². The van der Waals surface area contributed by atoms with Crippen molar-refractivity contribution in [3.05, 3.63) is 62.2 Å². The minimum Gasteiger partial charge on any atom is -0.493 e. The molecule has 0 spiro atoms. The Hall–Kier alpha value is -2.87. The first-order valence-electron chi connectivity index (χ1n) is 9.31. The summed E-state index contributed by atoms with van der Waals surface area (Å²) in [4.78, 5) is 16.4. The standard InChI is InChI=1S/C21H18F3IN4O3S/c1-31-17-7-12(6-16(25)19(17)32-2)10-26-29-18(30)9-15-11-33-20(28-15)27-14-5-3-4-13(8-14)21(22,23)24/h3-8,10-11H,9H2,1-2H3,(H,27,28)(H,29,30)/b26-10-. The molecule has 1 amide bonds. The molecular formula is C21H18F3IN4O3S. The van der Waals surface area contributed by atoms with Crippen LogP contribution in [0.1, 0.15) is 16.8 Å². The largest absolute Gasteiger partial charge is 0.493 e. The first-order valence-corrected chi connectivity index (χ1v) is 11.3. The smallest absolute Gasteiger partial charge is 0.416 e. The number of benzene rings is 2. The molecule has 174 valence electrons. The summed E-state index contributed by atoms with van der Waals surface area (Å²) in [6.45, 7) is 0. The SMILES string of the molecule is COc1cc(/C=N\NC(=O)Cc2csc(Nc3cccc(C(F)(F)F)c3)n2)cc(I)c1OC. The Bertz CT molecular complexity index is 1170. The van der Waals surface area contributed by atoms with Gasteiger partial charge in [-0.25, -0.2) is 10.4 Å². The molecule has 2 N–H and O–H groups in total. The number of thiazole rings is 1. The van der Waals surface area contributed by atoms with Crippen molar-refractivity contribution in [2.24, 2.45) is 5.10 Å². The van der Waals surface area contributed by atoms with Gasteiger partial charge in [0.1, 0.15) is 0 Å². The average molecular weight is 590 g/mol. The topological polar surface area (TPSA) is 84.8 Å². The summed E-state index contributed by atoms with van der Waals surface area (Å²) in [5.41, 5.74) is 3.09. The normalized spacial score (nSPS) is 11.5. The molecule has 0 saturated carbocycles. The average Bonchev–Trinajstić information content (AvgIpc) is 3.19. The Morgan fingerprint density at radius 2 is 2.03 bits per heavy atom. The van der Waals surface area contributed by atoms with E-state index in [0.717, 1.165) is 15.7 Å². The van der Waals surface area contributed by atoms with Gasteiger partial charge < -0.3 is 14.8 Å². The van der Waals surface area contributed by atoms with E-state index >= 15 is 0 Å². The molecular weight excluding hydrogens is 572 g/mol. The summed E-state index contributed by atoms with van der Waals surface area (Å²) < 4.78 is 49.9. The molecule has 33 heavy (non-hydrogen) atoms. The summed E-state index contributed by atoms with van der Waals surface area (Å²) in [5, 5.41) is 8.79. The molecule has 0 aliphatic carbocycles. The molecule has 3 rings (SSSR count). The van der Waals surface area contributed by atoms with Gasteiger partial charge in [0.25, 0.3) is 0 Å². The number of halogens is 4. The Balaban J connectivity index is 1.58. The summed E-state index contributed by atoms with van der Waals surface area (Å²) in [5.74, 6) is 0.759. The van der Waals surface area contributed by atoms with Gasteiger partial charge in [0, 0.05) is 11.1 Å². The quantitative estimate of drug-likeness (QED) is 0.214. The maximum atomic E-state index is 12.8. The number of aromatic nitrogens is 1. The minimum absolute atomic E-state index is 0.0401. The number of carbonyl (C=O) groups excluding carboxylic acids is 1. The molecule has 0 unspecified atom stereocenters. The molecule has 1 heterocycles. The highest BCUT2D eigenvalue weighted by Gasteiger charge is 2.30. The second-order valence-electron chi connectivity index (χ2n) is 6.56. The summed E-state index contributed by atoms with van der Waals surface area (Å²) in [6.07, 6.45) is -3.00. The van der Waals surface area contributed by atoms with Crippen molar-refractivity contribution in [3.8, 4) is 11.5 Å². The number of hydrogen-bond acceptors (Lipinski definition) is 7. The third-order valence-electron chi connectivity index (χ3n) is 4.19. The maximum Gasteiger partial charge on any atom is 0.416 e. The van der Waals surface area contributed by atoms with Gasteiger partial charge in [0.15, 0.2) is 16.6 Å². The number of carbonyl (C=O) groups is 1. The van der Waals surface area contributed by atoms with Gasteiger partial charge in [0.05, 0.1) is 41.7 Å². The van der Waals surface area contributed by atoms with Crippen molar-refractivity contribution in [1.29, 1.82) is 0 Å². The number of hydrazone groups is 1. The monoisotopic (exact) mass is 590 g/mol. The molecule has 0 aliphatic heterocycles. The number of rotatable bonds is 8. The van der Waals surface area contributed by atoms with Crippen LogP contribution in [-0.4, -0.2) is 31.3 Å². The second-order valence-corrected chi connectivity index (χ2v) is 8.58. The summed E-state index contributed by atoms with van der Waals surface area (Å²) in [7, 11) is 3.08. The van der Waals surface area contributed by atoms with Gasteiger partial charge in [-0.05, 0) is 58.5 Å². The van der Waals surface area contributed by atoms with Gasteiger partial charge in [-0.1, -0.05) is 6.07 Å². The number of anilines is 2. The number of amides is 1. The van der Waals surface area contributed by atoms with Crippen molar-refractivity contribution in [1.82, 2.24) is 10.4 Å². The lowest BCUT2D eigenvalue weighted by atomic mass is 10.2. The van der Waals surface area contributed by atoms with Crippen molar-refractivity contribution in [3.63, 3.8) is 0 Å². The van der Waals surface area contributed by atoms with Gasteiger partial charge >= 0.3 is 6.18 Å². The fourth-order valence-corrected chi connectivity index (χ4v) is 4.31. The third kappa shape index (κ3) is 6.81. The van der Waals surface area contributed by atoms with Crippen LogP contribution in [0.4, 0.5) is 24.0 Å². The van der Waals surface area contributed by atoms with Crippen LogP contribution in [0.15, 0.2) is 46.9 Å². The van der Waals surface area contributed by atoms with Crippen molar-refractivity contribution < 1.29 is 27.4 Å². The number of nitrogens with one attached hydrogen (secondary N) is 2. The molecule has 0 atom stereocenters. The van der Waals surface area contributed by atoms with E-state index in [-0.39, 0.29) is 12.1 Å². The lowest BCUT2D eigenvalue weighted by molar-refractivity contribution is -0.137. The molecule has 12 heteroatoms. The Kier molecular flexibility index (Phi) is 8.13. The molecule has 3 aromatic rings. The van der Waals surface area contributed by atoms with E-state index in [1.165, 1.54) is 36.8 Å². The van der Waals surface area contributed by atoms with Crippen molar-refractivity contribution in [2.75, 3.05) is 19.5 Å². The van der Waals surface area contributed by atoms with Crippen molar-refractivity contribution in [2.45, 2.75) is 12.6 Å². The number of alkyl halides is 3. The zero-order chi connectivity index (χ0) is 24.0. The van der Waals surface area contributed by atoms with E-state index in [4.69, 9.17) is 9.47 Å². The Morgan fingerprint density at radius 1 is 1.24 bits per heavy atom. The van der Waals surface area contributed by atoms with E-state index in [9.17, 15) is 18.0 Å². The zero-order valence-electron chi connectivity index (χ0n) is 17.4. The summed E-state index contributed by atoms with van der Waals surface area (Å²) >= 11 is 3.29. The predicted molar refractivity (Wildman–Crippen MR) is 129 cm³/mol. The number of methoxy groups -OCH3 is 2. The number of hydrogen-bond donors (Lipinski definition) is 2. The van der Waals surface area contributed by atoms with Crippen LogP contribution in [0.5, 0.6) is 11.5 Å². The van der Waals surface area contributed by atoms with Gasteiger partial charge in [-0.2, -0.15) is 18.3 Å². The van der Waals surface area contributed by atoms with Crippen LogP contribution >= 0.6 is 33.9 Å². The number of nitrogens with zero attached hydrogens (tertiary/aromatic N) is 2. The molecule has 7 nitrogen and oxygen atoms in total. The van der Waals surface area contributed by atoms with Gasteiger partial charge in [0.2, 0.25) is 5.91 Å². The van der Waals surface area contributed by atoms with E-state index in [1.54, 1.807) is 18.6 Å². The molecule has 2 aromatic carbocycles. The molecule has 0 bridgehead atoms. The molecule has 0 fully saturated rings. The summed E-state index contributed by atoms with van der Waals surface area (Å²) in [6, 6.07) is 8.36. The van der Waals surface area contributed by atoms with Crippen LogP contribution in [0.2, 0.25) is 0 Å². The van der Waals surface area contributed by atoms with E-state index in [1.807, 2.05) is 6.07 Å². The molecule has 0 aliphatic rings. The van der Waals surface area contributed by atoms with Crippen LogP contribution in [0.25, 0.3) is 0 Å². The first kappa shape index (κ1) is 24.8. The van der Waals surface area contributed by atoms with Gasteiger partial charge in [-0.15, -0.1) is 11.3 Å². The molecule has 0 saturated heterocycles. The van der Waals surface area contributed by atoms with E-state index in [2.05, 4.69) is 43.4 Å². The van der Waals surface area contributed by atoms with E-state index in [0.29, 0.717) is 27.9 Å². The highest BCUT2D eigenvalue weighted by atomic mass is 127. The Morgan fingerprint density at radius 3 is 2.73 bits per heavy atom. The first-order chi connectivity index (χ1) is 15.7. The fourth-order valence-electron chi connectivity index (χ4n) is 2.74. The van der Waals surface area contributed by atoms with Crippen LogP contribution in [-0.2, 0) is 17.4 Å². The molecule has 1 aromatic heterocycles.